The Kier molecular flexibility index (Phi) is 5.07. The third-order valence-corrected chi connectivity index (χ3v) is 7.29. The average Bonchev–Trinajstić information content (AvgIpc) is 3.18. The summed E-state index contributed by atoms with van der Waals surface area (Å²) in [6.45, 7) is 0.616. The molecule has 0 saturated carbocycles. The molecule has 3 N–H and O–H groups in total. The van der Waals surface area contributed by atoms with E-state index in [4.69, 9.17) is 5.73 Å². The smallest absolute Gasteiger partial charge is 0.255 e. The van der Waals surface area contributed by atoms with Crippen LogP contribution in [0.5, 0.6) is 0 Å². The standard InChI is InChI=1S/C22H20FN3O2S/c23-18-7-2-15(3-8-18)17-6-11-20(24)21(14-17)26-22(27)16-4-9-19(10-5-16)29(28)13-1-12-25-29/h2-11,14H,1,12-13,24H2,(H,26,27)/t29-/m0/s1. The van der Waals surface area contributed by atoms with Crippen molar-refractivity contribution in [2.24, 2.45) is 4.36 Å². The van der Waals surface area contributed by atoms with Gasteiger partial charge >= 0.3 is 0 Å². The van der Waals surface area contributed by atoms with Crippen LogP contribution in [-0.4, -0.2) is 22.4 Å². The summed E-state index contributed by atoms with van der Waals surface area (Å²) >= 11 is 0. The molecule has 1 amide bonds. The van der Waals surface area contributed by atoms with E-state index < -0.39 is 9.73 Å². The normalized spacial score (nSPS) is 18.2. The molecule has 0 fully saturated rings. The van der Waals surface area contributed by atoms with Crippen LogP contribution in [0.25, 0.3) is 11.1 Å². The number of carbonyl (C=O) groups excluding carboxylic acids is 1. The first kappa shape index (κ1) is 19.1. The van der Waals surface area contributed by atoms with E-state index in [1.165, 1.54) is 12.1 Å². The Morgan fingerprint density at radius 2 is 1.69 bits per heavy atom. The number of carbonyl (C=O) groups is 1. The van der Waals surface area contributed by atoms with E-state index in [9.17, 15) is 13.4 Å². The van der Waals surface area contributed by atoms with Gasteiger partial charge in [-0.05, 0) is 66.1 Å². The molecule has 1 heterocycles. The van der Waals surface area contributed by atoms with Gasteiger partial charge in [0, 0.05) is 22.8 Å². The molecule has 1 aliphatic rings. The van der Waals surface area contributed by atoms with E-state index in [0.29, 0.717) is 34.1 Å². The predicted molar refractivity (Wildman–Crippen MR) is 114 cm³/mol. The van der Waals surface area contributed by atoms with Gasteiger partial charge in [-0.25, -0.2) is 13.0 Å². The number of amides is 1. The van der Waals surface area contributed by atoms with Crippen molar-refractivity contribution in [1.82, 2.24) is 0 Å². The van der Waals surface area contributed by atoms with Crippen LogP contribution in [0.15, 0.2) is 76.0 Å². The summed E-state index contributed by atoms with van der Waals surface area (Å²) in [6, 6.07) is 18.0. The molecule has 29 heavy (non-hydrogen) atoms. The first-order valence-electron chi connectivity index (χ1n) is 9.22. The Hall–Kier alpha value is -3.19. The van der Waals surface area contributed by atoms with Crippen molar-refractivity contribution in [3.63, 3.8) is 0 Å². The van der Waals surface area contributed by atoms with Crippen LogP contribution in [0.1, 0.15) is 16.8 Å². The van der Waals surface area contributed by atoms with Crippen molar-refractivity contribution in [1.29, 1.82) is 0 Å². The minimum absolute atomic E-state index is 0.312. The van der Waals surface area contributed by atoms with Crippen molar-refractivity contribution in [2.45, 2.75) is 11.3 Å². The zero-order valence-electron chi connectivity index (χ0n) is 15.6. The van der Waals surface area contributed by atoms with Gasteiger partial charge in [0.1, 0.15) is 5.82 Å². The number of nitrogen functional groups attached to an aromatic ring is 1. The molecule has 3 aromatic rings. The van der Waals surface area contributed by atoms with Gasteiger partial charge in [0.15, 0.2) is 0 Å². The molecular weight excluding hydrogens is 389 g/mol. The number of nitrogens with zero attached hydrogens (tertiary/aromatic N) is 1. The lowest BCUT2D eigenvalue weighted by molar-refractivity contribution is 0.102. The Labute approximate surface area is 168 Å². The van der Waals surface area contributed by atoms with Crippen molar-refractivity contribution < 1.29 is 13.4 Å². The summed E-state index contributed by atoms with van der Waals surface area (Å²) in [5, 5.41) is 2.81. The number of hydrogen-bond acceptors (Lipinski definition) is 4. The van der Waals surface area contributed by atoms with Crippen molar-refractivity contribution >= 4 is 27.0 Å². The van der Waals surface area contributed by atoms with E-state index in [2.05, 4.69) is 9.68 Å². The van der Waals surface area contributed by atoms with Crippen LogP contribution in [0, 0.1) is 5.82 Å². The van der Waals surface area contributed by atoms with Crippen molar-refractivity contribution in [3.8, 4) is 11.1 Å². The fraction of sp³-hybridized carbons (Fsp3) is 0.136. The summed E-state index contributed by atoms with van der Waals surface area (Å²) in [4.78, 5) is 13.3. The molecule has 3 aromatic carbocycles. The summed E-state index contributed by atoms with van der Waals surface area (Å²) in [7, 11) is -2.33. The third-order valence-electron chi connectivity index (χ3n) is 4.84. The molecule has 1 aliphatic heterocycles. The number of hydrogen-bond donors (Lipinski definition) is 2. The number of benzene rings is 3. The highest BCUT2D eigenvalue weighted by Crippen LogP contribution is 2.28. The molecule has 5 nitrogen and oxygen atoms in total. The molecule has 1 atom stereocenters. The maximum absolute atomic E-state index is 13.2. The second-order valence-corrected chi connectivity index (χ2v) is 9.26. The fourth-order valence-corrected chi connectivity index (χ4v) is 5.25. The van der Waals surface area contributed by atoms with Gasteiger partial charge in [-0.2, -0.15) is 0 Å². The lowest BCUT2D eigenvalue weighted by Gasteiger charge is -2.11. The molecule has 7 heteroatoms. The maximum atomic E-state index is 13.2. The highest BCUT2D eigenvalue weighted by molar-refractivity contribution is 7.93. The topological polar surface area (TPSA) is 84.5 Å². The number of anilines is 2. The summed E-state index contributed by atoms with van der Waals surface area (Å²) < 4.78 is 30.1. The first-order chi connectivity index (χ1) is 13.9. The van der Waals surface area contributed by atoms with Crippen LogP contribution < -0.4 is 11.1 Å². The predicted octanol–water partition coefficient (Wildman–Crippen LogP) is 4.56. The van der Waals surface area contributed by atoms with Crippen LogP contribution in [0.3, 0.4) is 0 Å². The number of rotatable bonds is 4. The monoisotopic (exact) mass is 409 g/mol. The van der Waals surface area contributed by atoms with Gasteiger partial charge in [-0.3, -0.25) is 4.79 Å². The van der Waals surface area contributed by atoms with E-state index >= 15 is 0 Å². The summed E-state index contributed by atoms with van der Waals surface area (Å²) in [5.74, 6) is -0.0725. The van der Waals surface area contributed by atoms with Gasteiger partial charge in [0.2, 0.25) is 0 Å². The number of halogens is 1. The van der Waals surface area contributed by atoms with Gasteiger partial charge in [0.05, 0.1) is 21.1 Å². The van der Waals surface area contributed by atoms with Gasteiger partial charge in [0.25, 0.3) is 5.91 Å². The van der Waals surface area contributed by atoms with Crippen molar-refractivity contribution in [3.05, 3.63) is 78.1 Å². The van der Waals surface area contributed by atoms with Crippen LogP contribution in [0.2, 0.25) is 0 Å². The Balaban J connectivity index is 1.56. The number of nitrogens with one attached hydrogen (secondary N) is 1. The van der Waals surface area contributed by atoms with Crippen LogP contribution in [-0.2, 0) is 9.73 Å². The van der Waals surface area contributed by atoms with E-state index in [-0.39, 0.29) is 11.7 Å². The highest BCUT2D eigenvalue weighted by Gasteiger charge is 2.18. The van der Waals surface area contributed by atoms with Gasteiger partial charge in [-0.1, -0.05) is 18.2 Å². The first-order valence-corrected chi connectivity index (χ1v) is 10.9. The zero-order valence-corrected chi connectivity index (χ0v) is 16.4. The summed E-state index contributed by atoms with van der Waals surface area (Å²) in [5.41, 5.74) is 8.97. The van der Waals surface area contributed by atoms with E-state index in [1.807, 2.05) is 6.07 Å². The van der Waals surface area contributed by atoms with Crippen LogP contribution >= 0.6 is 0 Å². The number of nitrogens with two attached hydrogens (primary N) is 1. The van der Waals surface area contributed by atoms with Gasteiger partial charge < -0.3 is 11.1 Å². The molecule has 148 valence electrons. The van der Waals surface area contributed by atoms with Crippen LogP contribution in [0.4, 0.5) is 15.8 Å². The summed E-state index contributed by atoms with van der Waals surface area (Å²) in [6.07, 6.45) is 0.824. The average molecular weight is 409 g/mol. The Bertz CT molecular complexity index is 1180. The van der Waals surface area contributed by atoms with Crippen molar-refractivity contribution in [2.75, 3.05) is 23.3 Å². The molecule has 0 saturated heterocycles. The lowest BCUT2D eigenvalue weighted by Crippen LogP contribution is -2.13. The van der Waals surface area contributed by atoms with E-state index in [0.717, 1.165) is 17.5 Å². The molecule has 0 bridgehead atoms. The quantitative estimate of drug-likeness (QED) is 0.620. The maximum Gasteiger partial charge on any atom is 0.255 e. The fourth-order valence-electron chi connectivity index (χ4n) is 3.23. The molecule has 0 aliphatic carbocycles. The zero-order chi connectivity index (χ0) is 20.4. The molecule has 4 rings (SSSR count). The second kappa shape index (κ2) is 7.67. The lowest BCUT2D eigenvalue weighted by atomic mass is 10.0. The molecular formula is C22H20FN3O2S. The minimum Gasteiger partial charge on any atom is -0.397 e. The molecule has 0 aromatic heterocycles. The SMILES string of the molecule is Nc1ccc(-c2ccc(F)cc2)cc1NC(=O)c1ccc([S@]2(=O)=NCCC2)cc1. The Morgan fingerprint density at radius 3 is 2.34 bits per heavy atom. The Morgan fingerprint density at radius 1 is 1.00 bits per heavy atom. The van der Waals surface area contributed by atoms with E-state index in [1.54, 1.807) is 48.5 Å². The molecule has 0 unspecified atom stereocenters. The third kappa shape index (κ3) is 4.00. The largest absolute Gasteiger partial charge is 0.397 e. The highest BCUT2D eigenvalue weighted by atomic mass is 32.2. The molecule has 0 spiro atoms. The van der Waals surface area contributed by atoms with Gasteiger partial charge in [-0.15, -0.1) is 0 Å². The minimum atomic E-state index is -2.33. The second-order valence-electron chi connectivity index (χ2n) is 6.84. The molecule has 0 radical (unpaired) electrons.